The van der Waals surface area contributed by atoms with Gasteiger partial charge in [-0.25, -0.2) is 0 Å². The number of carbonyl (C=O) groups excluding carboxylic acids is 2. The van der Waals surface area contributed by atoms with Gasteiger partial charge in [-0.05, 0) is 82.8 Å². The van der Waals surface area contributed by atoms with E-state index in [0.29, 0.717) is 37.7 Å². The van der Waals surface area contributed by atoms with Crippen LogP contribution in [0, 0.1) is 17.8 Å². The molecule has 0 spiro atoms. The van der Waals surface area contributed by atoms with E-state index < -0.39 is 44.8 Å². The second-order valence-corrected chi connectivity index (χ2v) is 20.7. The largest absolute Gasteiger partial charge is 0.508 e. The summed E-state index contributed by atoms with van der Waals surface area (Å²) in [5.74, 6) is -3.62. The molecule has 0 aromatic heterocycles. The van der Waals surface area contributed by atoms with E-state index in [9.17, 15) is 29.7 Å². The maximum Gasteiger partial charge on any atom is 0.303 e. The Morgan fingerprint density at radius 1 is 0.911 bits per heavy atom. The number of fused-ring (bicyclic) bond motifs is 1. The van der Waals surface area contributed by atoms with Crippen LogP contribution < -0.4 is 10.4 Å². The van der Waals surface area contributed by atoms with Crippen molar-refractivity contribution < 1.29 is 39.2 Å². The van der Waals surface area contributed by atoms with Crippen LogP contribution in [-0.4, -0.2) is 77.3 Å². The van der Waals surface area contributed by atoms with Gasteiger partial charge in [0.05, 0.1) is 31.2 Å². The number of rotatable bonds is 19. The summed E-state index contributed by atoms with van der Waals surface area (Å²) in [5, 5.41) is 44.3. The molecule has 1 aliphatic carbocycles. The molecule has 1 saturated heterocycles. The van der Waals surface area contributed by atoms with Crippen molar-refractivity contribution in [2.75, 3.05) is 19.8 Å². The van der Waals surface area contributed by atoms with E-state index in [1.165, 1.54) is 4.90 Å². The Hall–Kier alpha value is -4.35. The number of aliphatic carboxylic acids is 1. The number of carbonyl (C=O) groups is 3. The first-order valence-electron chi connectivity index (χ1n) is 20.1. The molecular weight excluding hydrogens is 723 g/mol. The average molecular weight is 782 g/mol. The zero-order valence-electron chi connectivity index (χ0n) is 33.3. The molecule has 3 aromatic rings. The van der Waals surface area contributed by atoms with Gasteiger partial charge in [-0.3, -0.25) is 19.3 Å². The highest BCUT2D eigenvalue weighted by molar-refractivity contribution is 6.99. The molecule has 0 radical (unpaired) electrons. The molecule has 9 nitrogen and oxygen atoms in total. The first-order valence-corrected chi connectivity index (χ1v) is 22.0. The molecule has 300 valence electrons. The molecular formula is C46H59NO8Si. The van der Waals surface area contributed by atoms with E-state index in [1.54, 1.807) is 18.2 Å². The number of aliphatic hydroxyl groups is 2. The van der Waals surface area contributed by atoms with E-state index in [2.05, 4.69) is 52.0 Å². The number of hydrogen-bond acceptors (Lipinski definition) is 7. The molecule has 4 N–H and O–H groups in total. The number of carboxylic acid groups (broad SMARTS) is 1. The zero-order chi connectivity index (χ0) is 40.5. The smallest absolute Gasteiger partial charge is 0.303 e. The number of allylic oxidation sites excluding steroid dienone is 1. The van der Waals surface area contributed by atoms with Crippen molar-refractivity contribution in [2.24, 2.45) is 17.8 Å². The fourth-order valence-electron chi connectivity index (χ4n) is 8.98. The monoisotopic (exact) mass is 781 g/mol. The van der Waals surface area contributed by atoms with Gasteiger partial charge in [-0.1, -0.05) is 125 Å². The standard InChI is InChI=1S/C46H59NO8Si/c1-5-16-32(27-33-17-15-18-35(49)28-33)24-25-40(50)42-34(29-38-43(39(42)30-48)45(54)47(44(38)53)26-14-8-13-23-41(51)52)31-55-56(46(2,3)4,36-19-9-6-10-20-36)37-21-11-7-12-22-37/h6-7,9-12,15,17-22,27-28,38-40,43,48-50H,5,8,13-14,16,23-26,29-31H2,1-4H3,(H,51,52)/b32-27+/t38-,39+,40-,43-/m1/s1. The van der Waals surface area contributed by atoms with Gasteiger partial charge in [-0.2, -0.15) is 0 Å². The highest BCUT2D eigenvalue weighted by atomic mass is 28.4. The average Bonchev–Trinajstić information content (AvgIpc) is 3.41. The number of likely N-dealkylation sites (tertiary alicyclic amines) is 1. The number of phenolic OH excluding ortho intramolecular Hbond substituents is 1. The lowest BCUT2D eigenvalue weighted by atomic mass is 9.68. The van der Waals surface area contributed by atoms with Gasteiger partial charge < -0.3 is 24.9 Å². The summed E-state index contributed by atoms with van der Waals surface area (Å²) in [6.07, 6.45) is 5.40. The zero-order valence-corrected chi connectivity index (χ0v) is 34.3. The van der Waals surface area contributed by atoms with Gasteiger partial charge in [0, 0.05) is 18.9 Å². The highest BCUT2D eigenvalue weighted by Crippen LogP contribution is 2.47. The molecule has 2 amide bonds. The van der Waals surface area contributed by atoms with Gasteiger partial charge in [0.15, 0.2) is 0 Å². The fourth-order valence-corrected chi connectivity index (χ4v) is 13.5. The quantitative estimate of drug-likeness (QED) is 0.0448. The van der Waals surface area contributed by atoms with Crippen molar-refractivity contribution in [1.82, 2.24) is 4.90 Å². The van der Waals surface area contributed by atoms with Crippen LogP contribution in [0.5, 0.6) is 5.75 Å². The Bertz CT molecular complexity index is 1830. The van der Waals surface area contributed by atoms with Crippen LogP contribution in [-0.2, 0) is 18.8 Å². The van der Waals surface area contributed by atoms with Crippen LogP contribution in [0.1, 0.15) is 91.0 Å². The molecule has 0 bridgehead atoms. The number of amides is 2. The summed E-state index contributed by atoms with van der Waals surface area (Å²) >= 11 is 0. The Labute approximate surface area is 332 Å². The lowest BCUT2D eigenvalue weighted by Crippen LogP contribution is -2.66. The molecule has 1 heterocycles. The van der Waals surface area contributed by atoms with Crippen LogP contribution >= 0.6 is 0 Å². The normalized spacial score (nSPS) is 19.7. The molecule has 1 fully saturated rings. The molecule has 5 rings (SSSR count). The first-order chi connectivity index (χ1) is 26.8. The van der Waals surface area contributed by atoms with Crippen molar-refractivity contribution in [3.63, 3.8) is 0 Å². The van der Waals surface area contributed by atoms with Crippen molar-refractivity contribution in [3.8, 4) is 5.75 Å². The molecule has 56 heavy (non-hydrogen) atoms. The maximum absolute atomic E-state index is 14.1. The predicted molar refractivity (Wildman–Crippen MR) is 222 cm³/mol. The number of phenols is 1. The molecule has 0 saturated carbocycles. The minimum absolute atomic E-state index is 0.0303. The second kappa shape index (κ2) is 19.2. The predicted octanol–water partition coefficient (Wildman–Crippen LogP) is 6.85. The molecule has 4 atom stereocenters. The number of aromatic hydroxyl groups is 1. The van der Waals surface area contributed by atoms with Gasteiger partial charge >= 0.3 is 5.97 Å². The van der Waals surface area contributed by atoms with Crippen molar-refractivity contribution in [2.45, 2.75) is 96.6 Å². The molecule has 10 heteroatoms. The maximum atomic E-state index is 14.1. The minimum Gasteiger partial charge on any atom is -0.508 e. The summed E-state index contributed by atoms with van der Waals surface area (Å²) < 4.78 is 7.38. The van der Waals surface area contributed by atoms with E-state index in [0.717, 1.165) is 39.9 Å². The number of benzene rings is 3. The topological polar surface area (TPSA) is 145 Å². The number of aliphatic hydroxyl groups excluding tert-OH is 2. The van der Waals surface area contributed by atoms with Crippen LogP contribution in [0.4, 0.5) is 0 Å². The van der Waals surface area contributed by atoms with Gasteiger partial charge in [0.2, 0.25) is 11.8 Å². The highest BCUT2D eigenvalue weighted by Gasteiger charge is 2.56. The number of hydrogen-bond donors (Lipinski definition) is 4. The summed E-state index contributed by atoms with van der Waals surface area (Å²) in [7, 11) is -3.05. The van der Waals surface area contributed by atoms with Crippen LogP contribution in [0.15, 0.2) is 102 Å². The van der Waals surface area contributed by atoms with E-state index in [1.807, 2.05) is 48.5 Å². The Morgan fingerprint density at radius 3 is 2.14 bits per heavy atom. The number of carboxylic acids is 1. The third-order valence-corrected chi connectivity index (χ3v) is 16.5. The molecule has 1 aliphatic heterocycles. The molecule has 3 aromatic carbocycles. The summed E-state index contributed by atoms with van der Waals surface area (Å²) in [6, 6.07) is 27.6. The van der Waals surface area contributed by atoms with Crippen molar-refractivity contribution in [3.05, 3.63) is 107 Å². The van der Waals surface area contributed by atoms with E-state index >= 15 is 0 Å². The SMILES string of the molecule is CCC/C(=C\c1cccc(O)c1)CC[C@@H](O)C1=C(CO[Si](c2ccccc2)(c2ccccc2)C(C)(C)C)C[C@H]2C(=O)N(CCCCCC(=O)O)C(=O)[C@H]2[C@H]1CO. The van der Waals surface area contributed by atoms with Crippen LogP contribution in [0.3, 0.4) is 0 Å². The van der Waals surface area contributed by atoms with E-state index in [-0.39, 0.29) is 48.6 Å². The van der Waals surface area contributed by atoms with Crippen molar-refractivity contribution in [1.29, 1.82) is 0 Å². The van der Waals surface area contributed by atoms with Gasteiger partial charge in [-0.15, -0.1) is 0 Å². The third-order valence-electron chi connectivity index (χ3n) is 11.5. The summed E-state index contributed by atoms with van der Waals surface area (Å²) in [4.78, 5) is 40.5. The minimum atomic E-state index is -3.05. The number of imide groups is 1. The number of unbranched alkanes of at least 4 members (excludes halogenated alkanes) is 2. The summed E-state index contributed by atoms with van der Waals surface area (Å²) in [6.45, 7) is 8.57. The second-order valence-electron chi connectivity index (χ2n) is 16.4. The van der Waals surface area contributed by atoms with Crippen molar-refractivity contribution >= 4 is 42.6 Å². The lowest BCUT2D eigenvalue weighted by molar-refractivity contribution is -0.141. The molecule has 0 unspecified atom stereocenters. The lowest BCUT2D eigenvalue weighted by Gasteiger charge is -2.44. The third kappa shape index (κ3) is 9.60. The molecule has 2 aliphatic rings. The first kappa shape index (κ1) is 42.8. The fraction of sp³-hybridized carbons (Fsp3) is 0.457. The van der Waals surface area contributed by atoms with E-state index in [4.69, 9.17) is 9.53 Å². The van der Waals surface area contributed by atoms with Crippen LogP contribution in [0.2, 0.25) is 5.04 Å². The van der Waals surface area contributed by atoms with Crippen LogP contribution in [0.25, 0.3) is 6.08 Å². The number of nitrogens with zero attached hydrogens (tertiary/aromatic N) is 1. The Balaban J connectivity index is 1.53. The van der Waals surface area contributed by atoms with Gasteiger partial charge in [0.25, 0.3) is 8.32 Å². The Kier molecular flexibility index (Phi) is 14.7. The summed E-state index contributed by atoms with van der Waals surface area (Å²) in [5.41, 5.74) is 3.32. The Morgan fingerprint density at radius 2 is 1.57 bits per heavy atom. The van der Waals surface area contributed by atoms with Gasteiger partial charge in [0.1, 0.15) is 5.75 Å².